The predicted molar refractivity (Wildman–Crippen MR) is 178 cm³/mol. The summed E-state index contributed by atoms with van der Waals surface area (Å²) in [5, 5.41) is 12.4. The summed E-state index contributed by atoms with van der Waals surface area (Å²) >= 11 is 1.27. The molecule has 4 aromatic carbocycles. The maximum atomic E-state index is 14.1. The first-order valence-electron chi connectivity index (χ1n) is 14.8. The topological polar surface area (TPSA) is 106 Å². The Morgan fingerprint density at radius 2 is 1.74 bits per heavy atom. The largest absolute Gasteiger partial charge is 0.494 e. The van der Waals surface area contributed by atoms with Crippen LogP contribution in [0.5, 0.6) is 11.5 Å². The van der Waals surface area contributed by atoms with Gasteiger partial charge in [0, 0.05) is 11.3 Å². The highest BCUT2D eigenvalue weighted by molar-refractivity contribution is 7.07. The van der Waals surface area contributed by atoms with Gasteiger partial charge in [-0.3, -0.25) is 14.2 Å². The van der Waals surface area contributed by atoms with Gasteiger partial charge < -0.3 is 14.8 Å². The van der Waals surface area contributed by atoms with Crippen LogP contribution >= 0.6 is 11.3 Å². The Bertz CT molecular complexity index is 2160. The number of amides is 1. The van der Waals surface area contributed by atoms with Crippen LogP contribution in [0, 0.1) is 11.3 Å². The number of rotatable bonds is 9. The monoisotopic (exact) mass is 626 g/mol. The van der Waals surface area contributed by atoms with Crippen LogP contribution in [0.4, 0.5) is 5.69 Å². The lowest BCUT2D eigenvalue weighted by atomic mass is 9.95. The first kappa shape index (κ1) is 30.3. The average molecular weight is 627 g/mol. The second-order valence-electron chi connectivity index (χ2n) is 10.5. The first-order valence-corrected chi connectivity index (χ1v) is 15.6. The van der Waals surface area contributed by atoms with Gasteiger partial charge in [0.2, 0.25) is 0 Å². The van der Waals surface area contributed by atoms with E-state index in [4.69, 9.17) is 14.5 Å². The average Bonchev–Trinajstić information content (AvgIpc) is 3.38. The summed E-state index contributed by atoms with van der Waals surface area (Å²) < 4.78 is 13.7. The number of nitrogens with one attached hydrogen (secondary N) is 1. The van der Waals surface area contributed by atoms with Crippen molar-refractivity contribution >= 4 is 29.0 Å². The van der Waals surface area contributed by atoms with Crippen molar-refractivity contribution in [3.63, 3.8) is 0 Å². The Hall–Kier alpha value is -5.72. The van der Waals surface area contributed by atoms with Gasteiger partial charge in [0.25, 0.3) is 11.5 Å². The summed E-state index contributed by atoms with van der Waals surface area (Å²) in [6.07, 6.45) is 1.80. The van der Waals surface area contributed by atoms with Gasteiger partial charge in [0.05, 0.1) is 40.1 Å². The molecule has 1 aliphatic rings. The van der Waals surface area contributed by atoms with E-state index in [1.54, 1.807) is 23.6 Å². The van der Waals surface area contributed by atoms with Crippen LogP contribution in [0.2, 0.25) is 0 Å². The van der Waals surface area contributed by atoms with Gasteiger partial charge in [0.1, 0.15) is 18.1 Å². The van der Waals surface area contributed by atoms with E-state index in [2.05, 4.69) is 11.4 Å². The van der Waals surface area contributed by atoms with Crippen molar-refractivity contribution in [3.05, 3.63) is 156 Å². The van der Waals surface area contributed by atoms with Gasteiger partial charge >= 0.3 is 0 Å². The Kier molecular flexibility index (Phi) is 8.90. The van der Waals surface area contributed by atoms with Crippen LogP contribution < -0.4 is 29.7 Å². The van der Waals surface area contributed by atoms with Gasteiger partial charge in [-0.2, -0.15) is 5.26 Å². The number of benzene rings is 4. The molecule has 1 aromatic heterocycles. The number of allylic oxidation sites excluding steroid dienone is 1. The molecule has 1 N–H and O–H groups in total. The van der Waals surface area contributed by atoms with Crippen LogP contribution in [0.25, 0.3) is 6.08 Å². The fourth-order valence-corrected chi connectivity index (χ4v) is 6.37. The number of carbonyl (C=O) groups is 1. The third-order valence-electron chi connectivity index (χ3n) is 7.49. The lowest BCUT2D eigenvalue weighted by Crippen LogP contribution is -2.40. The number of thiazole rings is 1. The zero-order chi connectivity index (χ0) is 32.0. The minimum absolute atomic E-state index is 0.241. The minimum Gasteiger partial charge on any atom is -0.494 e. The maximum absolute atomic E-state index is 14.1. The number of fused-ring (bicyclic) bond motifs is 1. The second-order valence-corrected chi connectivity index (χ2v) is 11.5. The van der Waals surface area contributed by atoms with Gasteiger partial charge in [0.15, 0.2) is 4.80 Å². The van der Waals surface area contributed by atoms with Crippen molar-refractivity contribution in [1.82, 2.24) is 4.57 Å². The van der Waals surface area contributed by atoms with Crippen molar-refractivity contribution in [2.24, 2.45) is 4.99 Å². The van der Waals surface area contributed by atoms with E-state index in [0.717, 1.165) is 16.7 Å². The van der Waals surface area contributed by atoms with Crippen LogP contribution in [0.1, 0.15) is 42.1 Å². The Morgan fingerprint density at radius 1 is 0.978 bits per heavy atom. The maximum Gasteiger partial charge on any atom is 0.271 e. The van der Waals surface area contributed by atoms with Gasteiger partial charge in [-0.05, 0) is 73.5 Å². The number of anilines is 1. The van der Waals surface area contributed by atoms with E-state index in [1.807, 2.05) is 104 Å². The zero-order valence-corrected chi connectivity index (χ0v) is 26.1. The van der Waals surface area contributed by atoms with Crippen molar-refractivity contribution in [1.29, 1.82) is 5.26 Å². The molecule has 9 heteroatoms. The summed E-state index contributed by atoms with van der Waals surface area (Å²) in [5.74, 6) is 0.980. The van der Waals surface area contributed by atoms with E-state index in [-0.39, 0.29) is 18.1 Å². The molecule has 1 aliphatic heterocycles. The van der Waals surface area contributed by atoms with Crippen LogP contribution in [-0.4, -0.2) is 17.1 Å². The van der Waals surface area contributed by atoms with Gasteiger partial charge in [-0.15, -0.1) is 0 Å². The molecule has 0 bridgehead atoms. The summed E-state index contributed by atoms with van der Waals surface area (Å²) in [5.41, 5.74) is 4.20. The molecule has 46 heavy (non-hydrogen) atoms. The zero-order valence-electron chi connectivity index (χ0n) is 25.3. The fraction of sp³-hybridized carbons (Fsp3) is 0.135. The molecule has 8 nitrogen and oxygen atoms in total. The quantitative estimate of drug-likeness (QED) is 0.225. The fourth-order valence-electron chi connectivity index (χ4n) is 5.32. The molecular weight excluding hydrogens is 596 g/mol. The van der Waals surface area contributed by atoms with Crippen molar-refractivity contribution in [2.45, 2.75) is 26.5 Å². The summed E-state index contributed by atoms with van der Waals surface area (Å²) in [4.78, 5) is 33.1. The normalized spacial score (nSPS) is 14.2. The van der Waals surface area contributed by atoms with Gasteiger partial charge in [-0.1, -0.05) is 72.0 Å². The molecule has 228 valence electrons. The Morgan fingerprint density at radius 3 is 2.50 bits per heavy atom. The Balaban J connectivity index is 1.38. The number of nitriles is 1. The molecule has 1 amide bonds. The van der Waals surface area contributed by atoms with E-state index >= 15 is 0 Å². The molecule has 0 spiro atoms. The molecule has 0 aliphatic carbocycles. The van der Waals surface area contributed by atoms with E-state index in [0.29, 0.717) is 50.0 Å². The van der Waals surface area contributed by atoms with Crippen LogP contribution in [0.3, 0.4) is 0 Å². The van der Waals surface area contributed by atoms with E-state index in [9.17, 15) is 14.9 Å². The first-order chi connectivity index (χ1) is 22.4. The number of hydrogen-bond acceptors (Lipinski definition) is 7. The predicted octanol–water partition coefficient (Wildman–Crippen LogP) is 5.72. The third kappa shape index (κ3) is 6.39. The third-order valence-corrected chi connectivity index (χ3v) is 8.48. The molecule has 0 radical (unpaired) electrons. The summed E-state index contributed by atoms with van der Waals surface area (Å²) in [6.45, 7) is 4.48. The number of nitrogens with zero attached hydrogens (tertiary/aromatic N) is 3. The number of ether oxygens (including phenoxy) is 2. The number of aromatic nitrogens is 1. The van der Waals surface area contributed by atoms with Gasteiger partial charge in [-0.25, -0.2) is 4.99 Å². The lowest BCUT2D eigenvalue weighted by molar-refractivity contribution is -0.113. The smallest absolute Gasteiger partial charge is 0.271 e. The minimum atomic E-state index is -0.701. The SMILES string of the molecule is CCOc1ccc([C@@H]2C(C(=O)Nc3ccccc3)=C(C)N=c3s/c(=C\c4cccc(OCc5ccccc5C#N)c4)c(=O)n32)cc1. The highest BCUT2D eigenvalue weighted by atomic mass is 32.1. The molecule has 0 unspecified atom stereocenters. The highest BCUT2D eigenvalue weighted by Gasteiger charge is 2.32. The van der Waals surface area contributed by atoms with Crippen LogP contribution in [-0.2, 0) is 11.4 Å². The lowest BCUT2D eigenvalue weighted by Gasteiger charge is -2.25. The molecular formula is C37H30N4O4S. The number of para-hydroxylation sites is 1. The molecule has 6 rings (SSSR count). The number of carbonyl (C=O) groups excluding carboxylic acids is 1. The van der Waals surface area contributed by atoms with Crippen molar-refractivity contribution in [3.8, 4) is 17.6 Å². The molecule has 2 heterocycles. The Labute approximate surface area is 269 Å². The summed E-state index contributed by atoms with van der Waals surface area (Å²) in [6, 6.07) is 32.9. The molecule has 5 aromatic rings. The van der Waals surface area contributed by atoms with E-state index in [1.165, 1.54) is 11.3 Å². The molecule has 0 fully saturated rings. The van der Waals surface area contributed by atoms with E-state index < -0.39 is 6.04 Å². The van der Waals surface area contributed by atoms with Crippen LogP contribution in [0.15, 0.2) is 124 Å². The van der Waals surface area contributed by atoms with Crippen molar-refractivity contribution in [2.75, 3.05) is 11.9 Å². The second kappa shape index (κ2) is 13.5. The molecule has 0 saturated heterocycles. The molecule has 0 saturated carbocycles. The highest BCUT2D eigenvalue weighted by Crippen LogP contribution is 2.32. The van der Waals surface area contributed by atoms with Crippen molar-refractivity contribution < 1.29 is 14.3 Å². The standard InChI is InChI=1S/C37H30N4O4S/c1-3-44-30-18-16-26(17-19-30)34-33(35(42)40-29-13-5-4-6-14-29)24(2)39-37-41(34)36(43)32(46-37)21-25-10-9-15-31(20-25)45-23-28-12-8-7-11-27(28)22-38/h4-21,34H,3,23H2,1-2H3,(H,40,42)/b32-21-/t34-/m1/s1. The summed E-state index contributed by atoms with van der Waals surface area (Å²) in [7, 11) is 0. The molecule has 1 atom stereocenters. The number of hydrogen-bond donors (Lipinski definition) is 1.